The normalized spacial score (nSPS) is 20.4. The summed E-state index contributed by atoms with van der Waals surface area (Å²) in [5, 5.41) is 2.63. The number of carbonyl (C=O) groups excluding carboxylic acids is 1. The molecular weight excluding hydrogens is 252 g/mol. The molecule has 1 aromatic rings. The molecular formula is C16H25N2O2+. The highest BCUT2D eigenvalue weighted by atomic mass is 16.5. The van der Waals surface area contributed by atoms with Gasteiger partial charge < -0.3 is 15.0 Å². The predicted molar refractivity (Wildman–Crippen MR) is 78.9 cm³/mol. The average molecular weight is 277 g/mol. The molecule has 2 atom stereocenters. The Bertz CT molecular complexity index is 425. The molecule has 0 radical (unpaired) electrons. The first-order valence-electron chi connectivity index (χ1n) is 7.43. The van der Waals surface area contributed by atoms with E-state index in [2.05, 4.69) is 12.4 Å². The monoisotopic (exact) mass is 277 g/mol. The molecule has 4 heteroatoms. The lowest BCUT2D eigenvalue weighted by Gasteiger charge is -2.25. The summed E-state index contributed by atoms with van der Waals surface area (Å²) < 4.78 is 5.78. The Morgan fingerprint density at radius 3 is 2.70 bits per heavy atom. The highest BCUT2D eigenvalue weighted by molar-refractivity contribution is 5.93. The molecule has 0 bridgehead atoms. The second-order valence-electron chi connectivity index (χ2n) is 5.60. The standard InChI is InChI=1S/C16H24N2O2/c1-17-16(19)14-8-6-13(7-9-14)11-18(2)12-15-5-3-4-10-20-15/h6-9,15H,3-5,10-12H2,1-2H3,(H,17,19)/p+1/t15-/m0/s1. The van der Waals surface area contributed by atoms with Crippen molar-refractivity contribution in [3.63, 3.8) is 0 Å². The van der Waals surface area contributed by atoms with E-state index >= 15 is 0 Å². The van der Waals surface area contributed by atoms with E-state index in [4.69, 9.17) is 4.74 Å². The minimum absolute atomic E-state index is 0.0344. The van der Waals surface area contributed by atoms with Gasteiger partial charge in [0, 0.05) is 24.8 Å². The molecule has 0 aromatic heterocycles. The topological polar surface area (TPSA) is 42.8 Å². The first kappa shape index (κ1) is 15.0. The third-order valence-electron chi connectivity index (χ3n) is 3.80. The lowest BCUT2D eigenvalue weighted by molar-refractivity contribution is -0.897. The summed E-state index contributed by atoms with van der Waals surface area (Å²) in [6, 6.07) is 7.85. The summed E-state index contributed by atoms with van der Waals surface area (Å²) in [6.07, 6.45) is 4.09. The zero-order valence-corrected chi connectivity index (χ0v) is 12.4. The molecule has 2 N–H and O–H groups in total. The van der Waals surface area contributed by atoms with Crippen molar-refractivity contribution in [2.75, 3.05) is 27.2 Å². The summed E-state index contributed by atoms with van der Waals surface area (Å²) in [6.45, 7) is 2.93. The Morgan fingerprint density at radius 1 is 1.35 bits per heavy atom. The Kier molecular flexibility index (Phi) is 5.56. The van der Waals surface area contributed by atoms with Gasteiger partial charge in [0.25, 0.3) is 5.91 Å². The number of quaternary nitrogens is 1. The van der Waals surface area contributed by atoms with E-state index in [1.807, 2.05) is 24.3 Å². The van der Waals surface area contributed by atoms with E-state index in [0.29, 0.717) is 11.7 Å². The number of benzene rings is 1. The maximum absolute atomic E-state index is 11.5. The molecule has 4 nitrogen and oxygen atoms in total. The van der Waals surface area contributed by atoms with Crippen LogP contribution in [0, 0.1) is 0 Å². The van der Waals surface area contributed by atoms with E-state index in [-0.39, 0.29) is 5.91 Å². The molecule has 110 valence electrons. The van der Waals surface area contributed by atoms with Crippen LogP contribution in [-0.2, 0) is 11.3 Å². The van der Waals surface area contributed by atoms with E-state index in [1.54, 1.807) is 7.05 Å². The van der Waals surface area contributed by atoms with E-state index < -0.39 is 0 Å². The molecule has 2 rings (SSSR count). The van der Waals surface area contributed by atoms with Crippen LogP contribution in [0.15, 0.2) is 24.3 Å². The summed E-state index contributed by atoms with van der Waals surface area (Å²) in [5.74, 6) is -0.0344. The lowest BCUT2D eigenvalue weighted by atomic mass is 10.1. The van der Waals surface area contributed by atoms with Crippen LogP contribution >= 0.6 is 0 Å². The molecule has 1 amide bonds. The molecule has 20 heavy (non-hydrogen) atoms. The number of amides is 1. The Labute approximate surface area is 121 Å². The van der Waals surface area contributed by atoms with Gasteiger partial charge in [-0.3, -0.25) is 4.79 Å². The van der Waals surface area contributed by atoms with Gasteiger partial charge >= 0.3 is 0 Å². The first-order chi connectivity index (χ1) is 9.69. The van der Waals surface area contributed by atoms with Crippen LogP contribution in [0.1, 0.15) is 35.2 Å². The van der Waals surface area contributed by atoms with Gasteiger partial charge in [-0.15, -0.1) is 0 Å². The van der Waals surface area contributed by atoms with Crippen molar-refractivity contribution in [2.24, 2.45) is 0 Å². The summed E-state index contributed by atoms with van der Waals surface area (Å²) in [4.78, 5) is 12.9. The Morgan fingerprint density at radius 2 is 2.10 bits per heavy atom. The van der Waals surface area contributed by atoms with E-state index in [0.717, 1.165) is 19.7 Å². The number of ether oxygens (including phenoxy) is 1. The minimum Gasteiger partial charge on any atom is -0.372 e. The Balaban J connectivity index is 1.84. The van der Waals surface area contributed by atoms with Crippen molar-refractivity contribution in [1.29, 1.82) is 0 Å². The van der Waals surface area contributed by atoms with E-state index in [9.17, 15) is 4.79 Å². The van der Waals surface area contributed by atoms with Crippen LogP contribution in [0.3, 0.4) is 0 Å². The zero-order valence-electron chi connectivity index (χ0n) is 12.4. The number of nitrogens with one attached hydrogen (secondary N) is 2. The largest absolute Gasteiger partial charge is 0.372 e. The van der Waals surface area contributed by atoms with Crippen molar-refractivity contribution < 1.29 is 14.4 Å². The van der Waals surface area contributed by atoms with Crippen molar-refractivity contribution in [3.8, 4) is 0 Å². The first-order valence-corrected chi connectivity index (χ1v) is 7.43. The highest BCUT2D eigenvalue weighted by Crippen LogP contribution is 2.11. The molecule has 0 saturated carbocycles. The molecule has 1 fully saturated rings. The molecule has 1 aromatic carbocycles. The second kappa shape index (κ2) is 7.41. The average Bonchev–Trinajstić information content (AvgIpc) is 2.48. The molecule has 0 spiro atoms. The number of carbonyl (C=O) groups is 1. The fourth-order valence-electron chi connectivity index (χ4n) is 2.70. The van der Waals surface area contributed by atoms with Gasteiger partial charge in [-0.2, -0.15) is 0 Å². The van der Waals surface area contributed by atoms with Gasteiger partial charge in [0.1, 0.15) is 19.2 Å². The maximum Gasteiger partial charge on any atom is 0.251 e. The van der Waals surface area contributed by atoms with Crippen LogP contribution in [-0.4, -0.2) is 39.3 Å². The molecule has 1 aliphatic heterocycles. The van der Waals surface area contributed by atoms with Gasteiger partial charge in [0.05, 0.1) is 7.05 Å². The smallest absolute Gasteiger partial charge is 0.251 e. The summed E-state index contributed by atoms with van der Waals surface area (Å²) in [7, 11) is 3.85. The van der Waals surface area contributed by atoms with Gasteiger partial charge in [-0.25, -0.2) is 0 Å². The van der Waals surface area contributed by atoms with Crippen LogP contribution in [0.5, 0.6) is 0 Å². The van der Waals surface area contributed by atoms with Gasteiger partial charge in [-0.05, 0) is 31.4 Å². The molecule has 1 unspecified atom stereocenters. The van der Waals surface area contributed by atoms with Crippen molar-refractivity contribution >= 4 is 5.91 Å². The molecule has 0 aliphatic carbocycles. The Hall–Kier alpha value is -1.39. The molecule has 1 aliphatic rings. The fourth-order valence-corrected chi connectivity index (χ4v) is 2.70. The third-order valence-corrected chi connectivity index (χ3v) is 3.80. The maximum atomic E-state index is 11.5. The zero-order chi connectivity index (χ0) is 14.4. The van der Waals surface area contributed by atoms with Crippen LogP contribution in [0.4, 0.5) is 0 Å². The summed E-state index contributed by atoms with van der Waals surface area (Å²) in [5.41, 5.74) is 1.97. The van der Waals surface area contributed by atoms with Gasteiger partial charge in [-0.1, -0.05) is 12.1 Å². The third kappa shape index (κ3) is 4.32. The fraction of sp³-hybridized carbons (Fsp3) is 0.562. The quantitative estimate of drug-likeness (QED) is 0.829. The number of hydrogen-bond donors (Lipinski definition) is 2. The highest BCUT2D eigenvalue weighted by Gasteiger charge is 2.18. The van der Waals surface area contributed by atoms with Crippen LogP contribution in [0.25, 0.3) is 0 Å². The second-order valence-corrected chi connectivity index (χ2v) is 5.60. The minimum atomic E-state index is -0.0344. The molecule has 1 saturated heterocycles. The van der Waals surface area contributed by atoms with Crippen molar-refractivity contribution in [3.05, 3.63) is 35.4 Å². The molecule has 1 heterocycles. The van der Waals surface area contributed by atoms with E-state index in [1.165, 1.54) is 29.7 Å². The predicted octanol–water partition coefficient (Wildman–Crippen LogP) is 0.630. The van der Waals surface area contributed by atoms with Crippen molar-refractivity contribution in [1.82, 2.24) is 5.32 Å². The summed E-state index contributed by atoms with van der Waals surface area (Å²) >= 11 is 0. The van der Waals surface area contributed by atoms with Crippen LogP contribution < -0.4 is 10.2 Å². The van der Waals surface area contributed by atoms with Gasteiger partial charge in [0.2, 0.25) is 0 Å². The number of rotatable bonds is 5. The van der Waals surface area contributed by atoms with Crippen LogP contribution in [0.2, 0.25) is 0 Å². The van der Waals surface area contributed by atoms with Crippen molar-refractivity contribution in [2.45, 2.75) is 31.9 Å². The lowest BCUT2D eigenvalue weighted by Crippen LogP contribution is -3.08. The van der Waals surface area contributed by atoms with Gasteiger partial charge in [0.15, 0.2) is 0 Å². The SMILES string of the molecule is CNC(=O)c1ccc(C[NH+](C)C[C@@H]2CCCCO2)cc1. The number of likely N-dealkylation sites (N-methyl/N-ethyl adjacent to an activating group) is 1. The number of hydrogen-bond acceptors (Lipinski definition) is 2.